The molecule has 110 valence electrons. The van der Waals surface area contributed by atoms with E-state index in [0.717, 1.165) is 12.0 Å². The number of amides is 2. The number of carbonyl (C=O) groups excluding carboxylic acids is 1. The highest BCUT2D eigenvalue weighted by Gasteiger charge is 2.14. The molecule has 0 unspecified atom stereocenters. The number of urea groups is 1. The second kappa shape index (κ2) is 8.43. The van der Waals surface area contributed by atoms with Gasteiger partial charge in [-0.15, -0.1) is 0 Å². The number of carbonyl (C=O) groups is 2. The first-order valence-electron chi connectivity index (χ1n) is 6.52. The summed E-state index contributed by atoms with van der Waals surface area (Å²) in [6.45, 7) is 2.51. The molecule has 0 radical (unpaired) electrons. The Hall–Kier alpha value is -1.75. The summed E-state index contributed by atoms with van der Waals surface area (Å²) in [5.74, 6) is -1.01. The summed E-state index contributed by atoms with van der Waals surface area (Å²) in [4.78, 5) is 23.8. The van der Waals surface area contributed by atoms with Crippen LogP contribution in [0.15, 0.2) is 24.3 Å². The molecule has 0 aliphatic heterocycles. The molecular weight excluding hydrogens is 280 g/mol. The Kier molecular flexibility index (Phi) is 6.87. The molecule has 1 aromatic carbocycles. The molecule has 2 amide bonds. The van der Waals surface area contributed by atoms with Crippen LogP contribution in [-0.2, 0) is 11.2 Å². The Balaban J connectivity index is 2.40. The van der Waals surface area contributed by atoms with E-state index in [9.17, 15) is 9.59 Å². The van der Waals surface area contributed by atoms with Gasteiger partial charge in [0.25, 0.3) is 0 Å². The minimum Gasteiger partial charge on any atom is -0.480 e. The number of rotatable bonds is 7. The number of nitrogens with zero attached hydrogens (tertiary/aromatic N) is 1. The predicted molar refractivity (Wildman–Crippen MR) is 78.1 cm³/mol. The Morgan fingerprint density at radius 3 is 2.50 bits per heavy atom. The maximum atomic E-state index is 11.8. The molecule has 0 aromatic heterocycles. The van der Waals surface area contributed by atoms with Crippen LogP contribution in [0.3, 0.4) is 0 Å². The number of hydrogen-bond donors (Lipinski definition) is 2. The number of hydrogen-bond acceptors (Lipinski definition) is 2. The van der Waals surface area contributed by atoms with Crippen molar-refractivity contribution in [2.24, 2.45) is 0 Å². The van der Waals surface area contributed by atoms with Gasteiger partial charge in [-0.05, 0) is 30.5 Å². The molecule has 0 aliphatic rings. The van der Waals surface area contributed by atoms with Crippen LogP contribution in [0.5, 0.6) is 0 Å². The third-order valence-electron chi connectivity index (χ3n) is 2.71. The number of aliphatic carboxylic acids is 1. The van der Waals surface area contributed by atoms with Crippen molar-refractivity contribution in [2.75, 3.05) is 19.6 Å². The van der Waals surface area contributed by atoms with E-state index in [4.69, 9.17) is 16.7 Å². The van der Waals surface area contributed by atoms with Crippen LogP contribution in [0, 0.1) is 0 Å². The Morgan fingerprint density at radius 2 is 1.95 bits per heavy atom. The topological polar surface area (TPSA) is 69.6 Å². The molecule has 2 N–H and O–H groups in total. The van der Waals surface area contributed by atoms with Crippen molar-refractivity contribution >= 4 is 23.6 Å². The zero-order valence-corrected chi connectivity index (χ0v) is 12.2. The fourth-order valence-corrected chi connectivity index (χ4v) is 1.89. The molecule has 0 atom stereocenters. The quantitative estimate of drug-likeness (QED) is 0.812. The van der Waals surface area contributed by atoms with E-state index < -0.39 is 5.97 Å². The van der Waals surface area contributed by atoms with Crippen molar-refractivity contribution in [1.82, 2.24) is 10.2 Å². The molecule has 0 fully saturated rings. The van der Waals surface area contributed by atoms with Crippen molar-refractivity contribution in [1.29, 1.82) is 0 Å². The molecule has 0 spiro atoms. The summed E-state index contributed by atoms with van der Waals surface area (Å²) in [6.07, 6.45) is 1.40. The van der Waals surface area contributed by atoms with Crippen LogP contribution in [0.1, 0.15) is 18.9 Å². The van der Waals surface area contributed by atoms with Crippen LogP contribution >= 0.6 is 11.6 Å². The lowest BCUT2D eigenvalue weighted by atomic mass is 10.1. The maximum absolute atomic E-state index is 11.8. The first kappa shape index (κ1) is 16.3. The van der Waals surface area contributed by atoms with Gasteiger partial charge in [-0.25, -0.2) is 4.79 Å². The molecule has 0 saturated heterocycles. The van der Waals surface area contributed by atoms with Gasteiger partial charge >= 0.3 is 12.0 Å². The van der Waals surface area contributed by atoms with Crippen LogP contribution in [0.2, 0.25) is 5.02 Å². The fourth-order valence-electron chi connectivity index (χ4n) is 1.76. The van der Waals surface area contributed by atoms with E-state index in [2.05, 4.69) is 5.32 Å². The van der Waals surface area contributed by atoms with E-state index in [1.807, 2.05) is 19.1 Å². The van der Waals surface area contributed by atoms with Crippen LogP contribution in [0.4, 0.5) is 4.79 Å². The largest absolute Gasteiger partial charge is 0.480 e. The number of benzene rings is 1. The van der Waals surface area contributed by atoms with Gasteiger partial charge in [0.1, 0.15) is 6.54 Å². The lowest BCUT2D eigenvalue weighted by molar-refractivity contribution is -0.137. The van der Waals surface area contributed by atoms with Gasteiger partial charge in [0.2, 0.25) is 0 Å². The molecule has 5 nitrogen and oxygen atoms in total. The number of nitrogens with one attached hydrogen (secondary N) is 1. The molecule has 0 bridgehead atoms. The zero-order chi connectivity index (χ0) is 15.0. The smallest absolute Gasteiger partial charge is 0.323 e. The summed E-state index contributed by atoms with van der Waals surface area (Å²) in [5, 5.41) is 12.2. The summed E-state index contributed by atoms with van der Waals surface area (Å²) < 4.78 is 0. The fraction of sp³-hybridized carbons (Fsp3) is 0.429. The highest BCUT2D eigenvalue weighted by atomic mass is 35.5. The summed E-state index contributed by atoms with van der Waals surface area (Å²) in [6, 6.07) is 7.05. The van der Waals surface area contributed by atoms with E-state index in [1.54, 1.807) is 12.1 Å². The van der Waals surface area contributed by atoms with Gasteiger partial charge in [-0.1, -0.05) is 30.7 Å². The summed E-state index contributed by atoms with van der Waals surface area (Å²) in [5.41, 5.74) is 1.06. The average molecular weight is 299 g/mol. The van der Waals surface area contributed by atoms with Crippen LogP contribution in [-0.4, -0.2) is 41.6 Å². The standard InChI is InChI=1S/C14H19ClN2O3/c1-2-9-17(10-13(18)19)14(20)16-8-7-11-3-5-12(15)6-4-11/h3-6H,2,7-10H2,1H3,(H,16,20)(H,18,19). The SMILES string of the molecule is CCCN(CC(=O)O)C(=O)NCCc1ccc(Cl)cc1. The molecule has 1 aromatic rings. The third kappa shape index (κ3) is 5.93. The van der Waals surface area contributed by atoms with Gasteiger partial charge in [-0.3, -0.25) is 4.79 Å². The van der Waals surface area contributed by atoms with Crippen molar-refractivity contribution in [2.45, 2.75) is 19.8 Å². The number of halogens is 1. The van der Waals surface area contributed by atoms with Crippen molar-refractivity contribution in [3.05, 3.63) is 34.9 Å². The predicted octanol–water partition coefficient (Wildman–Crippen LogP) is 2.39. The van der Waals surface area contributed by atoms with E-state index in [0.29, 0.717) is 24.5 Å². The molecule has 1 rings (SSSR count). The Morgan fingerprint density at radius 1 is 1.30 bits per heavy atom. The maximum Gasteiger partial charge on any atom is 0.323 e. The monoisotopic (exact) mass is 298 g/mol. The normalized spacial score (nSPS) is 10.1. The minimum atomic E-state index is -1.01. The summed E-state index contributed by atoms with van der Waals surface area (Å²) >= 11 is 5.79. The molecule has 6 heteroatoms. The van der Waals surface area contributed by atoms with Crippen molar-refractivity contribution in [3.63, 3.8) is 0 Å². The van der Waals surface area contributed by atoms with E-state index in [-0.39, 0.29) is 12.6 Å². The molecule has 0 saturated carbocycles. The summed E-state index contributed by atoms with van der Waals surface area (Å²) in [7, 11) is 0. The third-order valence-corrected chi connectivity index (χ3v) is 2.96. The zero-order valence-electron chi connectivity index (χ0n) is 11.4. The number of carboxylic acid groups (broad SMARTS) is 1. The average Bonchev–Trinajstić information content (AvgIpc) is 2.40. The Bertz CT molecular complexity index is 448. The van der Waals surface area contributed by atoms with Gasteiger partial charge < -0.3 is 15.3 Å². The molecule has 20 heavy (non-hydrogen) atoms. The first-order chi connectivity index (χ1) is 9.52. The van der Waals surface area contributed by atoms with Gasteiger partial charge in [0.05, 0.1) is 0 Å². The second-order valence-electron chi connectivity index (χ2n) is 4.42. The Labute approximate surface area is 123 Å². The van der Waals surface area contributed by atoms with Gasteiger partial charge in [0.15, 0.2) is 0 Å². The van der Waals surface area contributed by atoms with Gasteiger partial charge in [0, 0.05) is 18.1 Å². The highest BCUT2D eigenvalue weighted by Crippen LogP contribution is 2.09. The van der Waals surface area contributed by atoms with Crippen LogP contribution in [0.25, 0.3) is 0 Å². The molecular formula is C14H19ClN2O3. The lowest BCUT2D eigenvalue weighted by Crippen LogP contribution is -2.43. The lowest BCUT2D eigenvalue weighted by Gasteiger charge is -2.20. The van der Waals surface area contributed by atoms with Crippen LogP contribution < -0.4 is 5.32 Å². The molecule has 0 heterocycles. The first-order valence-corrected chi connectivity index (χ1v) is 6.89. The highest BCUT2D eigenvalue weighted by molar-refractivity contribution is 6.30. The van der Waals surface area contributed by atoms with E-state index >= 15 is 0 Å². The van der Waals surface area contributed by atoms with Crippen molar-refractivity contribution < 1.29 is 14.7 Å². The van der Waals surface area contributed by atoms with Gasteiger partial charge in [-0.2, -0.15) is 0 Å². The second-order valence-corrected chi connectivity index (χ2v) is 4.86. The molecule has 0 aliphatic carbocycles. The minimum absolute atomic E-state index is 0.277. The number of carboxylic acids is 1. The van der Waals surface area contributed by atoms with E-state index in [1.165, 1.54) is 4.90 Å². The van der Waals surface area contributed by atoms with Crippen molar-refractivity contribution in [3.8, 4) is 0 Å².